The van der Waals surface area contributed by atoms with Crippen molar-refractivity contribution in [2.24, 2.45) is 0 Å². The van der Waals surface area contributed by atoms with Crippen molar-refractivity contribution in [2.75, 3.05) is 65.8 Å². The third-order valence-corrected chi connectivity index (χ3v) is 9.01. The summed E-state index contributed by atoms with van der Waals surface area (Å²) in [5.74, 6) is 0.392. The van der Waals surface area contributed by atoms with E-state index in [1.807, 2.05) is 28.9 Å². The van der Waals surface area contributed by atoms with Crippen LogP contribution in [-0.4, -0.2) is 110 Å². The maximum Gasteiger partial charge on any atom is 0.329 e. The van der Waals surface area contributed by atoms with Crippen molar-refractivity contribution in [3.8, 4) is 11.5 Å². The first-order chi connectivity index (χ1) is 24.8. The number of rotatable bonds is 8. The van der Waals surface area contributed by atoms with E-state index in [9.17, 15) is 19.5 Å². The van der Waals surface area contributed by atoms with Gasteiger partial charge in [0.2, 0.25) is 17.4 Å². The largest absolute Gasteiger partial charge is 0.444 e. The lowest BCUT2D eigenvalue weighted by Crippen LogP contribution is -2.50. The number of aliphatic hydroxyl groups excluding tert-OH is 1. The third-order valence-electron chi connectivity index (χ3n) is 9.01. The Morgan fingerprint density at radius 3 is 2.63 bits per heavy atom. The molecule has 3 aliphatic heterocycles. The summed E-state index contributed by atoms with van der Waals surface area (Å²) in [4.78, 5) is 62.6. The van der Waals surface area contributed by atoms with Crippen LogP contribution in [0.15, 0.2) is 51.6 Å². The molecule has 0 bridgehead atoms. The summed E-state index contributed by atoms with van der Waals surface area (Å²) < 4.78 is 11.8. The van der Waals surface area contributed by atoms with Crippen molar-refractivity contribution >= 4 is 52.4 Å². The van der Waals surface area contributed by atoms with Crippen molar-refractivity contribution in [2.45, 2.75) is 32.4 Å². The number of pyridine rings is 2. The van der Waals surface area contributed by atoms with Gasteiger partial charge in [-0.2, -0.15) is 10.1 Å². The molecule has 0 saturated carbocycles. The smallest absolute Gasteiger partial charge is 0.329 e. The van der Waals surface area contributed by atoms with Crippen LogP contribution in [0.4, 0.5) is 28.1 Å². The van der Waals surface area contributed by atoms with Crippen molar-refractivity contribution in [1.82, 2.24) is 40.3 Å². The molecule has 3 N–H and O–H groups in total. The molecule has 18 nitrogen and oxygen atoms in total. The molecule has 5 aromatic heterocycles. The number of hydrogen-bond acceptors (Lipinski definition) is 15. The number of carbonyl (C=O) groups excluding carboxylic acids is 3. The van der Waals surface area contributed by atoms with Gasteiger partial charge < -0.3 is 29.1 Å². The van der Waals surface area contributed by atoms with Crippen LogP contribution < -0.4 is 25.3 Å². The molecule has 3 fully saturated rings. The summed E-state index contributed by atoms with van der Waals surface area (Å²) in [5.41, 5.74) is 3.56. The van der Waals surface area contributed by atoms with Crippen LogP contribution in [0.1, 0.15) is 34.7 Å². The molecule has 0 aromatic carbocycles. The molecule has 8 rings (SSSR count). The van der Waals surface area contributed by atoms with Gasteiger partial charge in [0, 0.05) is 82.3 Å². The number of nitrogens with one attached hydrogen (secondary N) is 2. The lowest BCUT2D eigenvalue weighted by atomic mass is 10.2. The fourth-order valence-corrected chi connectivity index (χ4v) is 6.31. The van der Waals surface area contributed by atoms with Gasteiger partial charge in [-0.05, 0) is 37.6 Å². The molecule has 4 amide bonds. The minimum atomic E-state index is -0.510. The van der Waals surface area contributed by atoms with E-state index in [2.05, 4.69) is 35.7 Å². The normalized spacial score (nSPS) is 18.5. The molecular weight excluding hydrogens is 660 g/mol. The molecule has 3 aliphatic rings. The fourth-order valence-electron chi connectivity index (χ4n) is 6.31. The maximum absolute atomic E-state index is 13.4. The molecule has 8 heterocycles. The summed E-state index contributed by atoms with van der Waals surface area (Å²) >= 11 is 0. The van der Waals surface area contributed by atoms with Crippen molar-refractivity contribution in [1.29, 1.82) is 0 Å². The molecule has 5 aromatic rings. The Morgan fingerprint density at radius 2 is 1.88 bits per heavy atom. The SMILES string of the molecule is Cc1cc(-c2nc(C(=O)Nc3cc4oc(N5CCN(Cc6ccc(N7CCC(=O)NC7=O)nn6)CC5)nc4nc3N3CC[C@@H](O)C3)co2)ccn1. The van der Waals surface area contributed by atoms with Crippen LogP contribution in [0.25, 0.3) is 22.7 Å². The number of anilines is 4. The summed E-state index contributed by atoms with van der Waals surface area (Å²) in [7, 11) is 0. The Balaban J connectivity index is 0.949. The van der Waals surface area contributed by atoms with Gasteiger partial charge in [-0.1, -0.05) is 0 Å². The number of aromatic nitrogens is 6. The van der Waals surface area contributed by atoms with E-state index < -0.39 is 18.0 Å². The zero-order valence-electron chi connectivity index (χ0n) is 27.7. The molecule has 0 radical (unpaired) electrons. The van der Waals surface area contributed by atoms with Gasteiger partial charge in [-0.15, -0.1) is 5.10 Å². The first kappa shape index (κ1) is 32.2. The predicted molar refractivity (Wildman–Crippen MR) is 182 cm³/mol. The van der Waals surface area contributed by atoms with Gasteiger partial charge in [0.1, 0.15) is 6.26 Å². The number of imide groups is 1. The average molecular weight is 695 g/mol. The lowest BCUT2D eigenvalue weighted by Gasteiger charge is -2.33. The minimum Gasteiger partial charge on any atom is -0.444 e. The van der Waals surface area contributed by atoms with Crippen LogP contribution in [-0.2, 0) is 11.3 Å². The number of hydrogen-bond donors (Lipinski definition) is 3. The van der Waals surface area contributed by atoms with Crippen LogP contribution in [0.2, 0.25) is 0 Å². The summed E-state index contributed by atoms with van der Waals surface area (Å²) in [5, 5.41) is 24.0. The summed E-state index contributed by atoms with van der Waals surface area (Å²) in [6, 6.07) is 8.78. The Kier molecular flexibility index (Phi) is 8.44. The van der Waals surface area contributed by atoms with E-state index >= 15 is 0 Å². The van der Waals surface area contributed by atoms with Crippen LogP contribution in [0.3, 0.4) is 0 Å². The summed E-state index contributed by atoms with van der Waals surface area (Å²) in [6.45, 7) is 6.33. The van der Waals surface area contributed by atoms with E-state index in [0.29, 0.717) is 98.3 Å². The van der Waals surface area contributed by atoms with Gasteiger partial charge in [-0.3, -0.25) is 29.7 Å². The monoisotopic (exact) mass is 694 g/mol. The number of urea groups is 1. The van der Waals surface area contributed by atoms with Gasteiger partial charge in [-0.25, -0.2) is 14.8 Å². The second kappa shape index (κ2) is 13.4. The Hall–Kier alpha value is -6.01. The topological polar surface area (TPSA) is 212 Å². The third kappa shape index (κ3) is 6.78. The van der Waals surface area contributed by atoms with Crippen molar-refractivity contribution in [3.05, 3.63) is 59.9 Å². The number of piperazine rings is 1. The maximum atomic E-state index is 13.4. The van der Waals surface area contributed by atoms with Crippen molar-refractivity contribution < 1.29 is 28.3 Å². The molecule has 0 spiro atoms. The highest BCUT2D eigenvalue weighted by molar-refractivity contribution is 6.06. The molecule has 18 heteroatoms. The summed E-state index contributed by atoms with van der Waals surface area (Å²) in [6.07, 6.45) is 3.24. The first-order valence-corrected chi connectivity index (χ1v) is 16.6. The number of oxazole rings is 2. The zero-order valence-corrected chi connectivity index (χ0v) is 27.7. The fraction of sp³-hybridized carbons (Fsp3) is 0.364. The zero-order chi connectivity index (χ0) is 35.1. The number of amides is 4. The van der Waals surface area contributed by atoms with Gasteiger partial charge >= 0.3 is 6.03 Å². The molecular formula is C33H34N12O6. The number of fused-ring (bicyclic) bond motifs is 1. The average Bonchev–Trinajstić information content (AvgIpc) is 3.89. The van der Waals surface area contributed by atoms with Gasteiger partial charge in [0.25, 0.3) is 11.9 Å². The molecule has 51 heavy (non-hydrogen) atoms. The van der Waals surface area contributed by atoms with E-state index in [0.717, 1.165) is 11.4 Å². The van der Waals surface area contributed by atoms with Crippen LogP contribution in [0.5, 0.6) is 0 Å². The van der Waals surface area contributed by atoms with Crippen LogP contribution >= 0.6 is 0 Å². The van der Waals surface area contributed by atoms with Gasteiger partial charge in [0.15, 0.2) is 22.9 Å². The molecule has 1 atom stereocenters. The highest BCUT2D eigenvalue weighted by Crippen LogP contribution is 2.33. The van der Waals surface area contributed by atoms with Crippen LogP contribution in [0, 0.1) is 6.92 Å². The second-order valence-electron chi connectivity index (χ2n) is 12.6. The van der Waals surface area contributed by atoms with E-state index in [1.54, 1.807) is 24.4 Å². The first-order valence-electron chi connectivity index (χ1n) is 16.6. The highest BCUT2D eigenvalue weighted by atomic mass is 16.4. The second-order valence-corrected chi connectivity index (χ2v) is 12.6. The number of aliphatic hydroxyl groups is 1. The number of carbonyl (C=O) groups is 3. The predicted octanol–water partition coefficient (Wildman–Crippen LogP) is 1.96. The molecule has 3 saturated heterocycles. The van der Waals surface area contributed by atoms with E-state index in [1.165, 1.54) is 11.2 Å². The van der Waals surface area contributed by atoms with E-state index in [4.69, 9.17) is 18.8 Å². The highest BCUT2D eigenvalue weighted by Gasteiger charge is 2.29. The minimum absolute atomic E-state index is 0.0946. The Labute approximate surface area is 290 Å². The number of aryl methyl sites for hydroxylation is 1. The molecule has 0 unspecified atom stereocenters. The molecule has 262 valence electrons. The Bertz CT molecular complexity index is 2110. The standard InChI is InChI=1S/C33H34N12O6/c1-19-14-20(4-7-34-19)31-36-24(18-50-31)30(48)35-23-15-25-28(38-29(23)44-8-5-22(46)17-44)39-33(51-25)43-12-10-42(11-13-43)16-21-2-3-26(41-40-21)45-9-6-27(47)37-32(45)49/h2-4,7,14-15,18,22,46H,5-6,8-13,16-17H2,1H3,(H,35,48)(H,37,47,49)/t22-/m1/s1. The van der Waals surface area contributed by atoms with E-state index in [-0.39, 0.29) is 24.6 Å². The van der Waals surface area contributed by atoms with Crippen molar-refractivity contribution in [3.63, 3.8) is 0 Å². The van der Waals surface area contributed by atoms with Gasteiger partial charge in [0.05, 0.1) is 17.5 Å². The number of β-amino-alcohol motifs (C(OH)–C–C–N with tert-alkyl or cyclic N) is 1. The Morgan fingerprint density at radius 1 is 1.02 bits per heavy atom. The molecule has 0 aliphatic carbocycles. The number of nitrogens with zero attached hydrogens (tertiary/aromatic N) is 10. The lowest BCUT2D eigenvalue weighted by molar-refractivity contribution is -0.120. The quantitative estimate of drug-likeness (QED) is 0.212.